The Morgan fingerprint density at radius 1 is 1.26 bits per heavy atom. The molecule has 2 amide bonds. The molecule has 1 atom stereocenters. The summed E-state index contributed by atoms with van der Waals surface area (Å²) in [4.78, 5) is 39.2. The second-order valence-electron chi connectivity index (χ2n) is 5.03. The van der Waals surface area contributed by atoms with E-state index in [1.807, 2.05) is 4.90 Å². The van der Waals surface area contributed by atoms with E-state index in [0.717, 1.165) is 13.1 Å². The Morgan fingerprint density at radius 2 is 1.89 bits per heavy atom. The van der Waals surface area contributed by atoms with Gasteiger partial charge in [0.05, 0.1) is 18.9 Å². The van der Waals surface area contributed by atoms with Crippen molar-refractivity contribution in [2.75, 3.05) is 39.8 Å². The largest absolute Gasteiger partial charge is 0.481 e. The molecule has 7 nitrogen and oxygen atoms in total. The molecule has 2 rings (SSSR count). The standard InChI is InChI=1S/C12H19N3O4/c1-13-10(16)8-9(12(13)19)15-6-4-14(5-7-15)3-2-11(17)18/h9H,2-8H2,1H3,(H,17,18). The quantitative estimate of drug-likeness (QED) is 0.648. The maximum absolute atomic E-state index is 11.9. The van der Waals surface area contributed by atoms with Gasteiger partial charge >= 0.3 is 5.97 Å². The van der Waals surface area contributed by atoms with Crippen LogP contribution < -0.4 is 0 Å². The van der Waals surface area contributed by atoms with Gasteiger partial charge in [0.2, 0.25) is 11.8 Å². The number of nitrogens with zero attached hydrogens (tertiary/aromatic N) is 3. The first-order valence-corrected chi connectivity index (χ1v) is 6.47. The Labute approximate surface area is 111 Å². The molecule has 2 aliphatic rings. The summed E-state index contributed by atoms with van der Waals surface area (Å²) in [5.74, 6) is -1.03. The van der Waals surface area contributed by atoms with Crippen molar-refractivity contribution >= 4 is 17.8 Å². The lowest BCUT2D eigenvalue weighted by atomic mass is 10.1. The number of likely N-dealkylation sites (tertiary alicyclic amines) is 1. The minimum absolute atomic E-state index is 0.121. The van der Waals surface area contributed by atoms with Crippen molar-refractivity contribution in [1.82, 2.24) is 14.7 Å². The van der Waals surface area contributed by atoms with Crippen LogP contribution in [0.15, 0.2) is 0 Å². The van der Waals surface area contributed by atoms with Crippen LogP contribution in [0.4, 0.5) is 0 Å². The van der Waals surface area contributed by atoms with Crippen LogP contribution in [0.1, 0.15) is 12.8 Å². The van der Waals surface area contributed by atoms with Gasteiger partial charge in [0, 0.05) is 39.8 Å². The molecule has 2 aliphatic heterocycles. The summed E-state index contributed by atoms with van der Waals surface area (Å²) in [7, 11) is 1.52. The maximum atomic E-state index is 11.9. The molecule has 0 aromatic rings. The number of amides is 2. The molecular weight excluding hydrogens is 250 g/mol. The summed E-state index contributed by atoms with van der Waals surface area (Å²) >= 11 is 0. The Balaban J connectivity index is 1.82. The molecule has 0 saturated carbocycles. The molecule has 1 unspecified atom stereocenters. The van der Waals surface area contributed by atoms with E-state index in [0.29, 0.717) is 19.6 Å². The van der Waals surface area contributed by atoms with Gasteiger partial charge in [-0.05, 0) is 0 Å². The third-order valence-electron chi connectivity index (χ3n) is 3.85. The van der Waals surface area contributed by atoms with Crippen molar-refractivity contribution in [2.45, 2.75) is 18.9 Å². The Kier molecular flexibility index (Phi) is 4.16. The van der Waals surface area contributed by atoms with Crippen LogP contribution in [0, 0.1) is 0 Å². The fourth-order valence-electron chi connectivity index (χ4n) is 2.57. The monoisotopic (exact) mass is 269 g/mol. The molecule has 0 bridgehead atoms. The fourth-order valence-corrected chi connectivity index (χ4v) is 2.57. The molecule has 0 aromatic carbocycles. The van der Waals surface area contributed by atoms with Gasteiger partial charge in [-0.3, -0.25) is 24.2 Å². The third-order valence-corrected chi connectivity index (χ3v) is 3.85. The highest BCUT2D eigenvalue weighted by molar-refractivity contribution is 6.05. The summed E-state index contributed by atoms with van der Waals surface area (Å²) in [5, 5.41) is 8.64. The number of likely N-dealkylation sites (N-methyl/N-ethyl adjacent to an activating group) is 1. The molecule has 0 aliphatic carbocycles. The van der Waals surface area contributed by atoms with Crippen LogP contribution in [0.2, 0.25) is 0 Å². The van der Waals surface area contributed by atoms with Gasteiger partial charge in [-0.2, -0.15) is 0 Å². The molecular formula is C12H19N3O4. The molecule has 7 heteroatoms. The second kappa shape index (κ2) is 5.66. The number of hydrogen-bond acceptors (Lipinski definition) is 5. The van der Waals surface area contributed by atoms with Crippen molar-refractivity contribution in [2.24, 2.45) is 0 Å². The van der Waals surface area contributed by atoms with Gasteiger partial charge in [0.15, 0.2) is 0 Å². The number of carbonyl (C=O) groups is 3. The van der Waals surface area contributed by atoms with E-state index in [4.69, 9.17) is 5.11 Å². The van der Waals surface area contributed by atoms with Crippen LogP contribution in [0.3, 0.4) is 0 Å². The minimum Gasteiger partial charge on any atom is -0.481 e. The molecule has 0 aromatic heterocycles. The van der Waals surface area contributed by atoms with E-state index in [1.54, 1.807) is 0 Å². The number of carboxylic acid groups (broad SMARTS) is 1. The molecule has 0 radical (unpaired) electrons. The van der Waals surface area contributed by atoms with Gasteiger partial charge in [-0.25, -0.2) is 0 Å². The average Bonchev–Trinajstić information content (AvgIpc) is 2.65. The van der Waals surface area contributed by atoms with E-state index in [9.17, 15) is 14.4 Å². The number of rotatable bonds is 4. The minimum atomic E-state index is -0.791. The molecule has 1 N–H and O–H groups in total. The zero-order chi connectivity index (χ0) is 14.0. The number of carboxylic acids is 1. The molecule has 2 heterocycles. The van der Waals surface area contributed by atoms with Crippen molar-refractivity contribution in [1.29, 1.82) is 0 Å². The predicted molar refractivity (Wildman–Crippen MR) is 66.4 cm³/mol. The zero-order valence-electron chi connectivity index (χ0n) is 11.0. The highest BCUT2D eigenvalue weighted by atomic mass is 16.4. The first kappa shape index (κ1) is 14.0. The summed E-state index contributed by atoms with van der Waals surface area (Å²) in [6.45, 7) is 3.44. The summed E-state index contributed by atoms with van der Waals surface area (Å²) in [6, 6.07) is -0.320. The Bertz CT molecular complexity index is 390. The van der Waals surface area contributed by atoms with Crippen LogP contribution in [-0.2, 0) is 14.4 Å². The van der Waals surface area contributed by atoms with Crippen molar-refractivity contribution in [3.63, 3.8) is 0 Å². The predicted octanol–water partition coefficient (Wildman–Crippen LogP) is -1.16. The van der Waals surface area contributed by atoms with E-state index in [-0.39, 0.29) is 30.7 Å². The molecule has 2 fully saturated rings. The van der Waals surface area contributed by atoms with Gasteiger partial charge in [-0.1, -0.05) is 0 Å². The van der Waals surface area contributed by atoms with Crippen LogP contribution in [0.25, 0.3) is 0 Å². The number of carbonyl (C=O) groups excluding carboxylic acids is 2. The topological polar surface area (TPSA) is 81.2 Å². The van der Waals surface area contributed by atoms with Crippen LogP contribution >= 0.6 is 0 Å². The number of imide groups is 1. The van der Waals surface area contributed by atoms with Gasteiger partial charge < -0.3 is 10.0 Å². The van der Waals surface area contributed by atoms with E-state index >= 15 is 0 Å². The van der Waals surface area contributed by atoms with E-state index in [2.05, 4.69) is 4.90 Å². The first-order chi connectivity index (χ1) is 8.99. The SMILES string of the molecule is CN1C(=O)CC(N2CCN(CCC(=O)O)CC2)C1=O. The molecule has 2 saturated heterocycles. The smallest absolute Gasteiger partial charge is 0.304 e. The lowest BCUT2D eigenvalue weighted by molar-refractivity contribution is -0.138. The number of aliphatic carboxylic acids is 1. The van der Waals surface area contributed by atoms with Crippen LogP contribution in [-0.4, -0.2) is 83.4 Å². The van der Waals surface area contributed by atoms with Crippen molar-refractivity contribution < 1.29 is 19.5 Å². The Hall–Kier alpha value is -1.47. The lowest BCUT2D eigenvalue weighted by Gasteiger charge is -2.36. The highest BCUT2D eigenvalue weighted by Gasteiger charge is 2.40. The third kappa shape index (κ3) is 3.10. The van der Waals surface area contributed by atoms with Crippen LogP contribution in [0.5, 0.6) is 0 Å². The highest BCUT2D eigenvalue weighted by Crippen LogP contribution is 2.18. The van der Waals surface area contributed by atoms with Gasteiger partial charge in [0.1, 0.15) is 0 Å². The average molecular weight is 269 g/mol. The summed E-state index contributed by atoms with van der Waals surface area (Å²) in [6.07, 6.45) is 0.411. The molecule has 106 valence electrons. The lowest BCUT2D eigenvalue weighted by Crippen LogP contribution is -2.52. The zero-order valence-corrected chi connectivity index (χ0v) is 11.0. The molecule has 19 heavy (non-hydrogen) atoms. The first-order valence-electron chi connectivity index (χ1n) is 6.47. The van der Waals surface area contributed by atoms with Crippen molar-refractivity contribution in [3.05, 3.63) is 0 Å². The van der Waals surface area contributed by atoms with E-state index in [1.165, 1.54) is 11.9 Å². The molecule has 0 spiro atoms. The van der Waals surface area contributed by atoms with E-state index < -0.39 is 5.97 Å². The normalized spacial score (nSPS) is 26.2. The second-order valence-corrected chi connectivity index (χ2v) is 5.03. The Morgan fingerprint density at radius 3 is 2.37 bits per heavy atom. The fraction of sp³-hybridized carbons (Fsp3) is 0.750. The van der Waals surface area contributed by atoms with Gasteiger partial charge in [-0.15, -0.1) is 0 Å². The number of hydrogen-bond donors (Lipinski definition) is 1. The summed E-state index contributed by atoms with van der Waals surface area (Å²) < 4.78 is 0. The summed E-state index contributed by atoms with van der Waals surface area (Å²) in [5.41, 5.74) is 0. The van der Waals surface area contributed by atoms with Gasteiger partial charge in [0.25, 0.3) is 0 Å². The van der Waals surface area contributed by atoms with Crippen molar-refractivity contribution in [3.8, 4) is 0 Å². The maximum Gasteiger partial charge on any atom is 0.304 e. The number of piperazine rings is 1.